The van der Waals surface area contributed by atoms with Crippen molar-refractivity contribution < 1.29 is 28.2 Å². The van der Waals surface area contributed by atoms with Gasteiger partial charge in [0.25, 0.3) is 5.91 Å². The van der Waals surface area contributed by atoms with Crippen LogP contribution in [0.4, 0.5) is 15.9 Å². The van der Waals surface area contributed by atoms with E-state index in [0.717, 1.165) is 111 Å². The Kier molecular flexibility index (Phi) is 10.2. The number of amides is 3. The Balaban J connectivity index is 0.689. The zero-order chi connectivity index (χ0) is 42.0. The summed E-state index contributed by atoms with van der Waals surface area (Å²) in [7, 11) is 0. The summed E-state index contributed by atoms with van der Waals surface area (Å²) in [6, 6.07) is 10.8. The normalized spacial score (nSPS) is 25.5. The van der Waals surface area contributed by atoms with Crippen molar-refractivity contribution in [3.05, 3.63) is 59.7 Å². The Labute approximate surface area is 355 Å². The molecule has 61 heavy (non-hydrogen) atoms. The van der Waals surface area contributed by atoms with Crippen molar-refractivity contribution in [1.29, 1.82) is 0 Å². The van der Waals surface area contributed by atoms with E-state index in [4.69, 9.17) is 14.5 Å². The first-order valence-electron chi connectivity index (χ1n) is 22.3. The molecule has 0 bridgehead atoms. The fraction of sp³-hybridized carbons (Fsp3) is 0.565. The number of ether oxygens (including phenoxy) is 2. The highest BCUT2D eigenvalue weighted by Crippen LogP contribution is 2.41. The second-order valence-corrected chi connectivity index (χ2v) is 19.1. The van der Waals surface area contributed by atoms with Crippen LogP contribution in [0.25, 0.3) is 22.3 Å². The predicted molar refractivity (Wildman–Crippen MR) is 228 cm³/mol. The number of imide groups is 1. The molecule has 5 fully saturated rings. The smallest absolute Gasteiger partial charge is 0.255 e. The first kappa shape index (κ1) is 40.0. The standard InChI is InChI=1S/C46H56FN9O5/c1-45(2)26-53(20-21-56(45)39-23-36(48-27-49-39)42-33-22-31(61-46(3)16-17-46)8-10-35(33)51-52-42)24-28-4-6-29(7-5-28)60-30-14-18-54(19-15-30)37-11-9-32-34(41(37)47)25-55(44(32)59)38-12-13-40(57)50-43(38)58/h8-11,22-23,27-30,38H,4-7,12-21,24-26H2,1-3H3,(H,51,52)(H,50,57,58). The third-order valence-corrected chi connectivity index (χ3v) is 14.1. The number of carbonyl (C=O) groups is 3. The molecule has 6 aliphatic rings. The van der Waals surface area contributed by atoms with Crippen LogP contribution in [0.1, 0.15) is 101 Å². The number of rotatable bonds is 10. The highest BCUT2D eigenvalue weighted by atomic mass is 19.1. The fourth-order valence-electron chi connectivity index (χ4n) is 10.4. The number of aromatic amines is 1. The lowest BCUT2D eigenvalue weighted by molar-refractivity contribution is -0.136. The summed E-state index contributed by atoms with van der Waals surface area (Å²) in [6.45, 7) is 12.0. The van der Waals surface area contributed by atoms with Crippen LogP contribution in [0.3, 0.4) is 0 Å². The van der Waals surface area contributed by atoms with Gasteiger partial charge in [-0.05, 0) is 115 Å². The summed E-state index contributed by atoms with van der Waals surface area (Å²) in [5, 5.41) is 11.1. The van der Waals surface area contributed by atoms with Crippen LogP contribution in [-0.4, -0.2) is 116 Å². The van der Waals surface area contributed by atoms with Crippen LogP contribution in [0.5, 0.6) is 5.75 Å². The first-order valence-corrected chi connectivity index (χ1v) is 22.3. The lowest BCUT2D eigenvalue weighted by atomic mass is 9.86. The lowest BCUT2D eigenvalue weighted by Gasteiger charge is -2.49. The Hall–Kier alpha value is -5.15. The molecule has 3 saturated heterocycles. The van der Waals surface area contributed by atoms with Gasteiger partial charge in [0, 0.05) is 73.8 Å². The number of aromatic nitrogens is 4. The van der Waals surface area contributed by atoms with Gasteiger partial charge < -0.3 is 24.2 Å². The van der Waals surface area contributed by atoms with E-state index in [2.05, 4.69) is 68.1 Å². The molecule has 2 N–H and O–H groups in total. The maximum atomic E-state index is 16.0. The van der Waals surface area contributed by atoms with Crippen molar-refractivity contribution in [2.75, 3.05) is 49.1 Å². The van der Waals surface area contributed by atoms with E-state index in [-0.39, 0.29) is 54.5 Å². The topological polar surface area (TPSA) is 149 Å². The molecule has 4 aromatic rings. The van der Waals surface area contributed by atoms with Gasteiger partial charge in [0.1, 0.15) is 35.2 Å². The summed E-state index contributed by atoms with van der Waals surface area (Å²) in [4.78, 5) is 55.2. The van der Waals surface area contributed by atoms with Gasteiger partial charge in [-0.15, -0.1) is 0 Å². The van der Waals surface area contributed by atoms with Crippen molar-refractivity contribution in [3.63, 3.8) is 0 Å². The molecule has 2 saturated carbocycles. The number of nitrogens with zero attached hydrogens (tertiary/aromatic N) is 7. The molecular formula is C46H56FN9O5. The number of anilines is 2. The van der Waals surface area contributed by atoms with Crippen LogP contribution in [0.15, 0.2) is 42.7 Å². The average Bonchev–Trinajstić information content (AvgIpc) is 3.65. The van der Waals surface area contributed by atoms with Gasteiger partial charge in [0.15, 0.2) is 5.82 Å². The summed E-state index contributed by atoms with van der Waals surface area (Å²) in [6.07, 6.45) is 10.7. The Morgan fingerprint density at radius 3 is 2.43 bits per heavy atom. The van der Waals surface area contributed by atoms with Gasteiger partial charge in [0.05, 0.1) is 35.7 Å². The minimum absolute atomic E-state index is 0.0304. The van der Waals surface area contributed by atoms with Crippen LogP contribution < -0.4 is 19.9 Å². The molecule has 1 unspecified atom stereocenters. The SMILES string of the molecule is CC1(Oc2ccc3[nH]nc(-c4cc(N5CCN(CC6CCC(OC7CCN(c8ccc9c(c8F)CN(C8CCC(=O)NC8=O)C9=O)CC7)CC6)CC5(C)C)ncn4)c3c2)CC1. The number of carbonyl (C=O) groups excluding carboxylic acids is 3. The van der Waals surface area contributed by atoms with Gasteiger partial charge in [-0.2, -0.15) is 5.10 Å². The van der Waals surface area contributed by atoms with Crippen molar-refractivity contribution in [2.45, 2.75) is 121 Å². The number of fused-ring (bicyclic) bond motifs is 2. The van der Waals surface area contributed by atoms with E-state index >= 15 is 4.39 Å². The van der Waals surface area contributed by atoms with Crippen molar-refractivity contribution in [2.24, 2.45) is 5.92 Å². The molecule has 2 aliphatic carbocycles. The Morgan fingerprint density at radius 2 is 1.67 bits per heavy atom. The molecule has 6 heterocycles. The van der Waals surface area contributed by atoms with E-state index < -0.39 is 17.8 Å². The maximum absolute atomic E-state index is 16.0. The molecular weight excluding hydrogens is 778 g/mol. The van der Waals surface area contributed by atoms with E-state index in [1.165, 1.54) is 4.90 Å². The van der Waals surface area contributed by atoms with Gasteiger partial charge in [-0.3, -0.25) is 29.7 Å². The van der Waals surface area contributed by atoms with E-state index in [0.29, 0.717) is 35.8 Å². The molecule has 3 amide bonds. The number of hydrogen-bond acceptors (Lipinski definition) is 11. The molecule has 2 aromatic carbocycles. The minimum atomic E-state index is -0.765. The van der Waals surface area contributed by atoms with E-state index in [1.54, 1.807) is 18.5 Å². The zero-order valence-electron chi connectivity index (χ0n) is 35.4. The zero-order valence-corrected chi connectivity index (χ0v) is 35.4. The summed E-state index contributed by atoms with van der Waals surface area (Å²) in [5.41, 5.74) is 3.49. The summed E-state index contributed by atoms with van der Waals surface area (Å²) < 4.78 is 28.9. The molecule has 10 rings (SSSR count). The largest absolute Gasteiger partial charge is 0.488 e. The van der Waals surface area contributed by atoms with Gasteiger partial charge in [0.2, 0.25) is 11.8 Å². The maximum Gasteiger partial charge on any atom is 0.255 e. The molecule has 0 radical (unpaired) electrons. The predicted octanol–water partition coefficient (Wildman–Crippen LogP) is 6.00. The van der Waals surface area contributed by atoms with Crippen molar-refractivity contribution in [1.82, 2.24) is 35.3 Å². The molecule has 1 atom stereocenters. The van der Waals surface area contributed by atoms with Crippen LogP contribution >= 0.6 is 0 Å². The monoisotopic (exact) mass is 833 g/mol. The van der Waals surface area contributed by atoms with Crippen molar-refractivity contribution in [3.8, 4) is 17.1 Å². The average molecular weight is 834 g/mol. The third-order valence-electron chi connectivity index (χ3n) is 14.1. The fourth-order valence-corrected chi connectivity index (χ4v) is 10.4. The third kappa shape index (κ3) is 7.95. The number of nitrogens with one attached hydrogen (secondary N) is 2. The van der Waals surface area contributed by atoms with Crippen LogP contribution in [0, 0.1) is 11.7 Å². The van der Waals surface area contributed by atoms with Gasteiger partial charge in [-0.1, -0.05) is 0 Å². The highest BCUT2D eigenvalue weighted by Gasteiger charge is 2.42. The van der Waals surface area contributed by atoms with E-state index in [1.807, 2.05) is 12.1 Å². The molecule has 2 aromatic heterocycles. The number of hydrogen-bond donors (Lipinski definition) is 2. The van der Waals surface area contributed by atoms with Crippen LogP contribution in [0.2, 0.25) is 0 Å². The molecule has 15 heteroatoms. The number of H-pyrrole nitrogens is 1. The Bertz CT molecular complexity index is 2350. The molecule has 4 aliphatic heterocycles. The summed E-state index contributed by atoms with van der Waals surface area (Å²) >= 11 is 0. The summed E-state index contributed by atoms with van der Waals surface area (Å²) in [5.74, 6) is 0.817. The second-order valence-electron chi connectivity index (χ2n) is 19.1. The molecule has 322 valence electrons. The quantitative estimate of drug-likeness (QED) is 0.182. The van der Waals surface area contributed by atoms with E-state index in [9.17, 15) is 14.4 Å². The highest BCUT2D eigenvalue weighted by molar-refractivity contribution is 6.05. The molecule has 0 spiro atoms. The minimum Gasteiger partial charge on any atom is -0.488 e. The van der Waals surface area contributed by atoms with Gasteiger partial charge in [-0.25, -0.2) is 14.4 Å². The number of piperazine rings is 1. The second kappa shape index (κ2) is 15.6. The first-order chi connectivity index (χ1) is 29.4. The number of halogens is 1. The van der Waals surface area contributed by atoms with Crippen LogP contribution in [-0.2, 0) is 20.9 Å². The Morgan fingerprint density at radius 1 is 0.885 bits per heavy atom. The lowest BCUT2D eigenvalue weighted by Crippen LogP contribution is -2.60. The molecule has 14 nitrogen and oxygen atoms in total. The number of benzene rings is 2. The van der Waals surface area contributed by atoms with Crippen molar-refractivity contribution >= 4 is 40.1 Å². The van der Waals surface area contributed by atoms with Gasteiger partial charge >= 0.3 is 0 Å². The number of piperidine rings is 2.